The molecule has 1 N–H and O–H groups in total. The number of methoxy groups -OCH3 is 1. The highest BCUT2D eigenvalue weighted by molar-refractivity contribution is 5.44. The Morgan fingerprint density at radius 2 is 1.88 bits per heavy atom. The highest BCUT2D eigenvalue weighted by atomic mass is 16.5. The van der Waals surface area contributed by atoms with Gasteiger partial charge in [-0.1, -0.05) is 24.6 Å². The summed E-state index contributed by atoms with van der Waals surface area (Å²) in [5, 5.41) is 3.43. The van der Waals surface area contributed by atoms with Crippen LogP contribution >= 0.6 is 0 Å². The van der Waals surface area contributed by atoms with Crippen molar-refractivity contribution in [1.82, 2.24) is 4.90 Å². The van der Waals surface area contributed by atoms with Gasteiger partial charge in [0, 0.05) is 32.4 Å². The van der Waals surface area contributed by atoms with Gasteiger partial charge in [0.2, 0.25) is 0 Å². The van der Waals surface area contributed by atoms with E-state index in [-0.39, 0.29) is 0 Å². The predicted molar refractivity (Wildman–Crippen MR) is 73.7 cm³/mol. The van der Waals surface area contributed by atoms with E-state index < -0.39 is 0 Å². The van der Waals surface area contributed by atoms with Crippen LogP contribution in [0.1, 0.15) is 12.5 Å². The molecule has 0 aliphatic rings. The zero-order chi connectivity index (χ0) is 12.5. The van der Waals surface area contributed by atoms with Crippen LogP contribution in [0.15, 0.2) is 24.3 Å². The standard InChI is InChI=1S/C14H24N2O/c1-4-16(11-12-17-3)10-9-15-14-7-5-13(2)6-8-14/h5-8,15H,4,9-12H2,1-3H3. The van der Waals surface area contributed by atoms with Gasteiger partial charge in [-0.25, -0.2) is 0 Å². The first kappa shape index (κ1) is 14.0. The Labute approximate surface area is 105 Å². The van der Waals surface area contributed by atoms with Crippen LogP contribution in [0.2, 0.25) is 0 Å². The fourth-order valence-corrected chi connectivity index (χ4v) is 1.68. The van der Waals surface area contributed by atoms with E-state index in [4.69, 9.17) is 4.74 Å². The molecular formula is C14H24N2O. The third-order valence-corrected chi connectivity index (χ3v) is 2.87. The van der Waals surface area contributed by atoms with Crippen LogP contribution in [0.5, 0.6) is 0 Å². The molecule has 3 heteroatoms. The van der Waals surface area contributed by atoms with Crippen molar-refractivity contribution in [3.63, 3.8) is 0 Å². The van der Waals surface area contributed by atoms with E-state index in [0.717, 1.165) is 32.8 Å². The molecule has 0 aliphatic carbocycles. The fourth-order valence-electron chi connectivity index (χ4n) is 1.68. The van der Waals surface area contributed by atoms with Gasteiger partial charge in [-0.05, 0) is 25.6 Å². The Morgan fingerprint density at radius 3 is 2.47 bits per heavy atom. The van der Waals surface area contributed by atoms with Crippen molar-refractivity contribution < 1.29 is 4.74 Å². The summed E-state index contributed by atoms with van der Waals surface area (Å²) in [5.74, 6) is 0. The average Bonchev–Trinajstić information content (AvgIpc) is 2.36. The Hall–Kier alpha value is -1.06. The molecule has 0 bridgehead atoms. The van der Waals surface area contributed by atoms with Crippen molar-refractivity contribution in [1.29, 1.82) is 0 Å². The summed E-state index contributed by atoms with van der Waals surface area (Å²) in [5.41, 5.74) is 2.49. The lowest BCUT2D eigenvalue weighted by atomic mass is 10.2. The second kappa shape index (κ2) is 8.09. The molecule has 96 valence electrons. The van der Waals surface area contributed by atoms with Gasteiger partial charge >= 0.3 is 0 Å². The molecule has 0 aliphatic heterocycles. The minimum atomic E-state index is 0.804. The Morgan fingerprint density at radius 1 is 1.18 bits per heavy atom. The number of benzene rings is 1. The molecule has 0 saturated heterocycles. The van der Waals surface area contributed by atoms with E-state index in [9.17, 15) is 0 Å². The molecule has 0 heterocycles. The Kier molecular flexibility index (Phi) is 6.67. The van der Waals surface area contributed by atoms with Gasteiger partial charge in [-0.2, -0.15) is 0 Å². The van der Waals surface area contributed by atoms with E-state index in [2.05, 4.69) is 48.3 Å². The maximum Gasteiger partial charge on any atom is 0.0589 e. The van der Waals surface area contributed by atoms with Crippen molar-refractivity contribution >= 4 is 5.69 Å². The number of ether oxygens (including phenoxy) is 1. The van der Waals surface area contributed by atoms with Gasteiger partial charge in [0.05, 0.1) is 6.61 Å². The predicted octanol–water partition coefficient (Wildman–Crippen LogP) is 2.38. The third-order valence-electron chi connectivity index (χ3n) is 2.87. The molecule has 17 heavy (non-hydrogen) atoms. The molecular weight excluding hydrogens is 212 g/mol. The number of likely N-dealkylation sites (N-methyl/N-ethyl adjacent to an activating group) is 1. The summed E-state index contributed by atoms with van der Waals surface area (Å²) < 4.78 is 5.09. The van der Waals surface area contributed by atoms with Crippen LogP contribution < -0.4 is 5.32 Å². The van der Waals surface area contributed by atoms with E-state index in [1.54, 1.807) is 7.11 Å². The van der Waals surface area contributed by atoms with Crippen LogP contribution in [0.3, 0.4) is 0 Å². The van der Waals surface area contributed by atoms with Gasteiger partial charge in [-0.3, -0.25) is 4.90 Å². The molecule has 0 aromatic heterocycles. The molecule has 0 spiro atoms. The number of anilines is 1. The summed E-state index contributed by atoms with van der Waals surface area (Å²) in [7, 11) is 1.75. The molecule has 0 saturated carbocycles. The minimum absolute atomic E-state index is 0.804. The van der Waals surface area contributed by atoms with Crippen molar-refractivity contribution in [2.75, 3.05) is 45.2 Å². The van der Waals surface area contributed by atoms with Crippen molar-refractivity contribution in [3.8, 4) is 0 Å². The van der Waals surface area contributed by atoms with E-state index in [1.807, 2.05) is 0 Å². The normalized spacial score (nSPS) is 10.8. The van der Waals surface area contributed by atoms with Gasteiger partial charge in [0.1, 0.15) is 0 Å². The molecule has 0 fully saturated rings. The zero-order valence-corrected chi connectivity index (χ0v) is 11.2. The molecule has 1 rings (SSSR count). The minimum Gasteiger partial charge on any atom is -0.384 e. The van der Waals surface area contributed by atoms with Gasteiger partial charge in [0.15, 0.2) is 0 Å². The van der Waals surface area contributed by atoms with Crippen LogP contribution in [0.4, 0.5) is 5.69 Å². The smallest absolute Gasteiger partial charge is 0.0589 e. The van der Waals surface area contributed by atoms with Crippen LogP contribution in [-0.4, -0.2) is 44.8 Å². The fraction of sp³-hybridized carbons (Fsp3) is 0.571. The maximum atomic E-state index is 5.09. The molecule has 3 nitrogen and oxygen atoms in total. The second-order valence-electron chi connectivity index (χ2n) is 4.22. The van der Waals surface area contributed by atoms with Crippen molar-refractivity contribution in [2.24, 2.45) is 0 Å². The largest absolute Gasteiger partial charge is 0.384 e. The first-order valence-electron chi connectivity index (χ1n) is 6.28. The lowest BCUT2D eigenvalue weighted by molar-refractivity contribution is 0.153. The topological polar surface area (TPSA) is 24.5 Å². The SMILES string of the molecule is CCN(CCNc1ccc(C)cc1)CCOC. The summed E-state index contributed by atoms with van der Waals surface area (Å²) in [4.78, 5) is 2.38. The quantitative estimate of drug-likeness (QED) is 0.750. The average molecular weight is 236 g/mol. The summed E-state index contributed by atoms with van der Waals surface area (Å²) >= 11 is 0. The lowest BCUT2D eigenvalue weighted by Gasteiger charge is -2.20. The molecule has 0 atom stereocenters. The van der Waals surface area contributed by atoms with Crippen molar-refractivity contribution in [3.05, 3.63) is 29.8 Å². The lowest BCUT2D eigenvalue weighted by Crippen LogP contribution is -2.31. The number of nitrogens with one attached hydrogen (secondary N) is 1. The molecule has 0 amide bonds. The third kappa shape index (κ3) is 5.71. The van der Waals surface area contributed by atoms with Gasteiger partial charge in [0.25, 0.3) is 0 Å². The monoisotopic (exact) mass is 236 g/mol. The summed E-state index contributed by atoms with van der Waals surface area (Å²) in [6.45, 7) is 9.18. The number of nitrogens with zero attached hydrogens (tertiary/aromatic N) is 1. The second-order valence-corrected chi connectivity index (χ2v) is 4.22. The van der Waals surface area contributed by atoms with Gasteiger partial charge in [-0.15, -0.1) is 0 Å². The van der Waals surface area contributed by atoms with Crippen molar-refractivity contribution in [2.45, 2.75) is 13.8 Å². The van der Waals surface area contributed by atoms with Crippen LogP contribution in [-0.2, 0) is 4.74 Å². The van der Waals surface area contributed by atoms with Gasteiger partial charge < -0.3 is 10.1 Å². The molecule has 0 radical (unpaired) electrons. The number of hydrogen-bond donors (Lipinski definition) is 1. The van der Waals surface area contributed by atoms with E-state index in [0.29, 0.717) is 0 Å². The van der Waals surface area contributed by atoms with Crippen LogP contribution in [0.25, 0.3) is 0 Å². The highest BCUT2D eigenvalue weighted by Crippen LogP contribution is 2.07. The summed E-state index contributed by atoms with van der Waals surface area (Å²) in [6, 6.07) is 8.51. The zero-order valence-electron chi connectivity index (χ0n) is 11.2. The first-order chi connectivity index (χ1) is 8.26. The highest BCUT2D eigenvalue weighted by Gasteiger charge is 2.00. The maximum absolute atomic E-state index is 5.09. The number of aryl methyl sites for hydroxylation is 1. The number of hydrogen-bond acceptors (Lipinski definition) is 3. The van der Waals surface area contributed by atoms with E-state index >= 15 is 0 Å². The van der Waals surface area contributed by atoms with E-state index in [1.165, 1.54) is 11.3 Å². The van der Waals surface area contributed by atoms with Crippen LogP contribution in [0, 0.1) is 6.92 Å². The Bertz CT molecular complexity index is 298. The first-order valence-corrected chi connectivity index (χ1v) is 6.28. The molecule has 0 unspecified atom stereocenters. The summed E-state index contributed by atoms with van der Waals surface area (Å²) in [6.07, 6.45) is 0. The number of rotatable bonds is 8. The Balaban J connectivity index is 2.23. The molecule has 1 aromatic rings. The molecule has 1 aromatic carbocycles.